The van der Waals surface area contributed by atoms with Crippen LogP contribution in [0.5, 0.6) is 0 Å². The normalized spacial score (nSPS) is 21.5. The van der Waals surface area contributed by atoms with Gasteiger partial charge in [-0.2, -0.15) is 0 Å². The minimum absolute atomic E-state index is 0.0803. The Kier molecular flexibility index (Phi) is 5.48. The van der Waals surface area contributed by atoms with Crippen molar-refractivity contribution in [2.45, 2.75) is 23.8 Å². The monoisotopic (exact) mass is 277 g/mol. The van der Waals surface area contributed by atoms with Gasteiger partial charge in [0.1, 0.15) is 0 Å². The Bertz CT molecular complexity index is 433. The Labute approximate surface area is 118 Å². The Balaban J connectivity index is 1.64. The van der Waals surface area contributed by atoms with Crippen molar-refractivity contribution >= 4 is 17.7 Å². The summed E-state index contributed by atoms with van der Waals surface area (Å²) >= 11 is 1.69. The van der Waals surface area contributed by atoms with Crippen LogP contribution < -0.4 is 5.32 Å². The number of hydrogen-bond donors (Lipinski definition) is 2. The predicted octanol–water partition coefficient (Wildman–Crippen LogP) is 2.22. The zero-order valence-corrected chi connectivity index (χ0v) is 11.6. The van der Waals surface area contributed by atoms with Gasteiger partial charge in [-0.25, -0.2) is 0 Å². The summed E-state index contributed by atoms with van der Waals surface area (Å²) < 4.78 is 0. The Hall–Kier alpha value is -1.26. The zero-order chi connectivity index (χ0) is 13.5. The highest BCUT2D eigenvalue weighted by Gasteiger charge is 2.19. The molecule has 1 aromatic rings. The van der Waals surface area contributed by atoms with Crippen LogP contribution in [0.1, 0.15) is 12.8 Å². The Morgan fingerprint density at radius 2 is 2.11 bits per heavy atom. The smallest absolute Gasteiger partial charge is 0.221 e. The van der Waals surface area contributed by atoms with Gasteiger partial charge in [0.25, 0.3) is 0 Å². The summed E-state index contributed by atoms with van der Waals surface area (Å²) in [7, 11) is 0. The van der Waals surface area contributed by atoms with E-state index in [-0.39, 0.29) is 24.5 Å². The van der Waals surface area contributed by atoms with E-state index >= 15 is 0 Å². The van der Waals surface area contributed by atoms with E-state index in [1.807, 2.05) is 42.5 Å². The molecule has 1 amide bonds. The van der Waals surface area contributed by atoms with Crippen molar-refractivity contribution in [3.05, 3.63) is 42.5 Å². The van der Waals surface area contributed by atoms with Crippen LogP contribution in [0.2, 0.25) is 0 Å². The first-order valence-electron chi connectivity index (χ1n) is 6.54. The van der Waals surface area contributed by atoms with E-state index in [0.29, 0.717) is 6.42 Å². The molecule has 1 aliphatic rings. The third-order valence-electron chi connectivity index (χ3n) is 3.09. The molecule has 4 heteroatoms. The van der Waals surface area contributed by atoms with Gasteiger partial charge in [0, 0.05) is 35.6 Å². The summed E-state index contributed by atoms with van der Waals surface area (Å²) in [4.78, 5) is 13.0. The molecular weight excluding hydrogens is 258 g/mol. The van der Waals surface area contributed by atoms with Crippen molar-refractivity contribution in [1.29, 1.82) is 0 Å². The summed E-state index contributed by atoms with van der Waals surface area (Å²) in [5.41, 5.74) is 0. The number of nitrogens with one attached hydrogen (secondary N) is 1. The maximum atomic E-state index is 11.8. The third-order valence-corrected chi connectivity index (χ3v) is 4.11. The van der Waals surface area contributed by atoms with Crippen LogP contribution in [0.3, 0.4) is 0 Å². The quantitative estimate of drug-likeness (QED) is 0.619. The van der Waals surface area contributed by atoms with Crippen molar-refractivity contribution in [3.8, 4) is 0 Å². The fourth-order valence-corrected chi connectivity index (χ4v) is 2.95. The molecular formula is C15H19NO2S. The van der Waals surface area contributed by atoms with Gasteiger partial charge < -0.3 is 10.4 Å². The van der Waals surface area contributed by atoms with Crippen molar-refractivity contribution in [2.24, 2.45) is 5.92 Å². The molecule has 0 aromatic heterocycles. The van der Waals surface area contributed by atoms with E-state index in [0.717, 1.165) is 12.2 Å². The van der Waals surface area contributed by atoms with E-state index in [1.165, 1.54) is 4.90 Å². The second-order valence-electron chi connectivity index (χ2n) is 4.65. The summed E-state index contributed by atoms with van der Waals surface area (Å²) in [5, 5.41) is 12.0. The van der Waals surface area contributed by atoms with Gasteiger partial charge in [0.2, 0.25) is 5.91 Å². The molecule has 1 aliphatic carbocycles. The molecule has 2 atom stereocenters. The Morgan fingerprint density at radius 1 is 1.32 bits per heavy atom. The SMILES string of the molecule is O=C(CCSc1ccccc1)N[C@@H]1C=C[C@H](CO)C1. The zero-order valence-electron chi connectivity index (χ0n) is 10.8. The van der Waals surface area contributed by atoms with E-state index in [1.54, 1.807) is 11.8 Å². The largest absolute Gasteiger partial charge is 0.396 e. The van der Waals surface area contributed by atoms with E-state index in [4.69, 9.17) is 5.11 Å². The fourth-order valence-electron chi connectivity index (χ4n) is 2.07. The molecule has 3 nitrogen and oxygen atoms in total. The van der Waals surface area contributed by atoms with Crippen LogP contribution in [0, 0.1) is 5.92 Å². The van der Waals surface area contributed by atoms with Crippen LogP contribution in [0.15, 0.2) is 47.4 Å². The number of thioether (sulfide) groups is 1. The molecule has 0 aliphatic heterocycles. The number of aliphatic hydroxyl groups excluding tert-OH is 1. The molecule has 2 rings (SSSR count). The lowest BCUT2D eigenvalue weighted by atomic mass is 10.1. The molecule has 19 heavy (non-hydrogen) atoms. The number of rotatable bonds is 6. The summed E-state index contributed by atoms with van der Waals surface area (Å²) in [6.45, 7) is 0.159. The standard InChI is InChI=1S/C15H19NO2S/c17-11-12-6-7-13(10-12)16-15(18)8-9-19-14-4-2-1-3-5-14/h1-7,12-13,17H,8-11H2,(H,16,18)/t12-,13+/m0/s1. The van der Waals surface area contributed by atoms with Crippen molar-refractivity contribution < 1.29 is 9.90 Å². The third kappa shape index (κ3) is 4.73. The molecule has 102 valence electrons. The summed E-state index contributed by atoms with van der Waals surface area (Å²) in [6.07, 6.45) is 5.29. The molecule has 0 saturated carbocycles. The average molecular weight is 277 g/mol. The number of benzene rings is 1. The maximum absolute atomic E-state index is 11.8. The second-order valence-corrected chi connectivity index (χ2v) is 5.82. The number of hydrogen-bond acceptors (Lipinski definition) is 3. The van der Waals surface area contributed by atoms with E-state index in [9.17, 15) is 4.79 Å². The molecule has 0 saturated heterocycles. The second kappa shape index (κ2) is 7.36. The van der Waals surface area contributed by atoms with Crippen LogP contribution in [0.4, 0.5) is 0 Å². The molecule has 0 spiro atoms. The average Bonchev–Trinajstić information content (AvgIpc) is 2.87. The lowest BCUT2D eigenvalue weighted by Crippen LogP contribution is -2.33. The first kappa shape index (κ1) is 14.2. The summed E-state index contributed by atoms with van der Waals surface area (Å²) in [5.74, 6) is 1.07. The first-order valence-corrected chi connectivity index (χ1v) is 7.53. The number of amides is 1. The van der Waals surface area contributed by atoms with Crippen LogP contribution >= 0.6 is 11.8 Å². The molecule has 0 unspecified atom stereocenters. The first-order chi connectivity index (χ1) is 9.28. The van der Waals surface area contributed by atoms with Gasteiger partial charge in [-0.3, -0.25) is 4.79 Å². The maximum Gasteiger partial charge on any atom is 0.221 e. The van der Waals surface area contributed by atoms with Crippen molar-refractivity contribution in [3.63, 3.8) is 0 Å². The van der Waals surface area contributed by atoms with Crippen LogP contribution in [-0.4, -0.2) is 29.4 Å². The minimum Gasteiger partial charge on any atom is -0.396 e. The predicted molar refractivity (Wildman–Crippen MR) is 78.0 cm³/mol. The highest BCUT2D eigenvalue weighted by molar-refractivity contribution is 7.99. The molecule has 0 fully saturated rings. The fraction of sp³-hybridized carbons (Fsp3) is 0.400. The molecule has 2 N–H and O–H groups in total. The number of aliphatic hydroxyl groups is 1. The molecule has 0 radical (unpaired) electrons. The van der Waals surface area contributed by atoms with E-state index < -0.39 is 0 Å². The topological polar surface area (TPSA) is 49.3 Å². The van der Waals surface area contributed by atoms with Gasteiger partial charge in [0.15, 0.2) is 0 Å². The molecule has 1 aromatic carbocycles. The molecule has 0 bridgehead atoms. The van der Waals surface area contributed by atoms with Gasteiger partial charge in [0.05, 0.1) is 0 Å². The van der Waals surface area contributed by atoms with Gasteiger partial charge >= 0.3 is 0 Å². The highest BCUT2D eigenvalue weighted by Crippen LogP contribution is 2.19. The minimum atomic E-state index is 0.0803. The Morgan fingerprint density at radius 3 is 2.79 bits per heavy atom. The highest BCUT2D eigenvalue weighted by atomic mass is 32.2. The number of carbonyl (C=O) groups excluding carboxylic acids is 1. The van der Waals surface area contributed by atoms with Crippen molar-refractivity contribution in [1.82, 2.24) is 5.32 Å². The number of carbonyl (C=O) groups is 1. The lowest BCUT2D eigenvalue weighted by molar-refractivity contribution is -0.121. The van der Waals surface area contributed by atoms with Crippen molar-refractivity contribution in [2.75, 3.05) is 12.4 Å². The summed E-state index contributed by atoms with van der Waals surface area (Å²) in [6, 6.07) is 10.2. The van der Waals surface area contributed by atoms with Gasteiger partial charge in [-0.05, 0) is 18.6 Å². The van der Waals surface area contributed by atoms with Gasteiger partial charge in [-0.1, -0.05) is 30.4 Å². The molecule has 0 heterocycles. The van der Waals surface area contributed by atoms with Crippen LogP contribution in [0.25, 0.3) is 0 Å². The van der Waals surface area contributed by atoms with Crippen LogP contribution in [-0.2, 0) is 4.79 Å². The van der Waals surface area contributed by atoms with Gasteiger partial charge in [-0.15, -0.1) is 11.8 Å². The van der Waals surface area contributed by atoms with E-state index in [2.05, 4.69) is 5.32 Å². The lowest BCUT2D eigenvalue weighted by Gasteiger charge is -2.12.